The molecular formula is C57H39N5. The van der Waals surface area contributed by atoms with Crippen LogP contribution in [-0.4, -0.2) is 20.8 Å². The van der Waals surface area contributed by atoms with E-state index in [1.54, 1.807) is 0 Å². The number of amidine groups is 1. The van der Waals surface area contributed by atoms with Crippen LogP contribution in [0.15, 0.2) is 230 Å². The second-order valence-corrected chi connectivity index (χ2v) is 16.5. The van der Waals surface area contributed by atoms with E-state index in [-0.39, 0.29) is 12.3 Å². The van der Waals surface area contributed by atoms with Crippen molar-refractivity contribution in [3.05, 3.63) is 264 Å². The molecular weight excluding hydrogens is 755 g/mol. The lowest BCUT2D eigenvalue weighted by Gasteiger charge is -2.45. The number of benzene rings is 8. The van der Waals surface area contributed by atoms with Crippen LogP contribution in [0.4, 0.5) is 17.1 Å². The summed E-state index contributed by atoms with van der Waals surface area (Å²) in [5.74, 6) is 1.01. The van der Waals surface area contributed by atoms with Gasteiger partial charge >= 0.3 is 0 Å². The van der Waals surface area contributed by atoms with Crippen molar-refractivity contribution in [3.63, 3.8) is 0 Å². The van der Waals surface area contributed by atoms with E-state index in [2.05, 4.69) is 233 Å². The van der Waals surface area contributed by atoms with E-state index in [1.807, 2.05) is 6.20 Å². The number of pyridine rings is 1. The molecule has 3 atom stereocenters. The van der Waals surface area contributed by atoms with E-state index in [4.69, 9.17) is 9.98 Å². The third kappa shape index (κ3) is 5.06. The number of hydrogen-bond acceptors (Lipinski definition) is 5. The number of para-hydroxylation sites is 3. The smallest absolute Gasteiger partial charge is 0.150 e. The van der Waals surface area contributed by atoms with Gasteiger partial charge in [0.25, 0.3) is 0 Å². The number of aromatic nitrogens is 1. The van der Waals surface area contributed by atoms with Gasteiger partial charge in [-0.1, -0.05) is 170 Å². The van der Waals surface area contributed by atoms with Crippen LogP contribution in [0.25, 0.3) is 33.5 Å². The SMILES string of the molecule is c1ccc(C2=NC(c3ccccc3)N3C(c4cccc(-c5cccc(-c6ccc7c(c6)C6(c8ccccc8N(c8ccccc8)c8ccccc86)c6cccnc6-7)c5)c4)N23)cc1. The molecule has 0 saturated carbocycles. The minimum absolute atomic E-state index is 0.0719. The lowest BCUT2D eigenvalue weighted by atomic mass is 9.64. The van der Waals surface area contributed by atoms with E-state index in [1.165, 1.54) is 72.6 Å². The Bertz CT molecular complexity index is 3190. The van der Waals surface area contributed by atoms with Crippen molar-refractivity contribution >= 4 is 22.9 Å². The Morgan fingerprint density at radius 3 is 1.71 bits per heavy atom. The van der Waals surface area contributed by atoms with Gasteiger partial charge in [0.15, 0.2) is 0 Å². The molecule has 4 heterocycles. The van der Waals surface area contributed by atoms with Gasteiger partial charge in [-0.15, -0.1) is 0 Å². The van der Waals surface area contributed by atoms with E-state index >= 15 is 0 Å². The molecule has 5 heteroatoms. The first-order valence-electron chi connectivity index (χ1n) is 21.4. The van der Waals surface area contributed by atoms with Crippen molar-refractivity contribution in [3.8, 4) is 33.5 Å². The fourth-order valence-electron chi connectivity index (χ4n) is 10.6. The highest BCUT2D eigenvalue weighted by atomic mass is 15.9. The molecule has 5 nitrogen and oxygen atoms in total. The second kappa shape index (κ2) is 13.6. The number of fused-ring (bicyclic) bond motifs is 10. The van der Waals surface area contributed by atoms with E-state index in [0.29, 0.717) is 0 Å². The number of nitrogens with zero attached hydrogens (tertiary/aromatic N) is 5. The van der Waals surface area contributed by atoms with Crippen LogP contribution in [0.1, 0.15) is 51.3 Å². The van der Waals surface area contributed by atoms with Gasteiger partial charge in [-0.2, -0.15) is 5.01 Å². The van der Waals surface area contributed by atoms with Gasteiger partial charge in [0.1, 0.15) is 18.2 Å². The Morgan fingerprint density at radius 1 is 0.419 bits per heavy atom. The minimum Gasteiger partial charge on any atom is -0.310 e. The molecule has 1 spiro atoms. The molecule has 8 aromatic carbocycles. The molecule has 13 rings (SSSR count). The van der Waals surface area contributed by atoms with E-state index in [9.17, 15) is 0 Å². The quantitative estimate of drug-likeness (QED) is 0.157. The highest BCUT2D eigenvalue weighted by molar-refractivity contribution is 6.01. The Morgan fingerprint density at radius 2 is 0.984 bits per heavy atom. The monoisotopic (exact) mass is 793 g/mol. The zero-order chi connectivity index (χ0) is 40.8. The number of hydrogen-bond donors (Lipinski definition) is 0. The first-order chi connectivity index (χ1) is 30.8. The predicted molar refractivity (Wildman–Crippen MR) is 249 cm³/mol. The molecule has 3 aliphatic heterocycles. The van der Waals surface area contributed by atoms with Gasteiger partial charge in [0.2, 0.25) is 0 Å². The summed E-state index contributed by atoms with van der Waals surface area (Å²) >= 11 is 0. The van der Waals surface area contributed by atoms with Crippen LogP contribution >= 0.6 is 0 Å². The molecule has 1 aromatic heterocycles. The Hall–Kier alpha value is -7.86. The largest absolute Gasteiger partial charge is 0.310 e. The summed E-state index contributed by atoms with van der Waals surface area (Å²) < 4.78 is 0. The zero-order valence-corrected chi connectivity index (χ0v) is 33.8. The summed E-state index contributed by atoms with van der Waals surface area (Å²) in [7, 11) is 0. The Labute approximate surface area is 361 Å². The van der Waals surface area contributed by atoms with Crippen LogP contribution in [0, 0.1) is 0 Å². The summed E-state index contributed by atoms with van der Waals surface area (Å²) in [4.78, 5) is 12.8. The third-order valence-electron chi connectivity index (χ3n) is 13.2. The number of hydrazine groups is 1. The van der Waals surface area contributed by atoms with Gasteiger partial charge in [0.05, 0.1) is 22.5 Å². The zero-order valence-electron chi connectivity index (χ0n) is 33.8. The summed E-state index contributed by atoms with van der Waals surface area (Å²) in [5.41, 5.74) is 18.4. The number of rotatable bonds is 6. The maximum atomic E-state index is 5.24. The van der Waals surface area contributed by atoms with Gasteiger partial charge < -0.3 is 4.90 Å². The predicted octanol–water partition coefficient (Wildman–Crippen LogP) is 13.3. The van der Waals surface area contributed by atoms with E-state index in [0.717, 1.165) is 22.8 Å². The third-order valence-corrected chi connectivity index (χ3v) is 13.2. The van der Waals surface area contributed by atoms with Crippen LogP contribution in [0.2, 0.25) is 0 Å². The molecule has 292 valence electrons. The number of anilines is 3. The molecule has 1 saturated heterocycles. The molecule has 1 fully saturated rings. The normalized spacial score (nSPS) is 18.3. The maximum absolute atomic E-state index is 5.24. The standard InChI is InChI=1S/C57H39N5/c1-4-17-38(18-5-1)54-59-55(39-19-6-2-7-20-39)62-56(61(54)62)44-24-15-23-42(36-44)40-21-14-22-41(35-40)43-32-33-46-50(37-43)57(49-29-16-34-58-53(46)49)47-27-10-12-30-51(47)60(45-25-8-3-9-26-45)52-31-13-11-28-48(52)57/h1-37,54,56H. The summed E-state index contributed by atoms with van der Waals surface area (Å²) in [6.45, 7) is 0. The fourth-order valence-corrected chi connectivity index (χ4v) is 10.6. The molecule has 62 heavy (non-hydrogen) atoms. The first-order valence-corrected chi connectivity index (χ1v) is 21.4. The average molecular weight is 794 g/mol. The molecule has 9 aromatic rings. The maximum Gasteiger partial charge on any atom is 0.150 e. The highest BCUT2D eigenvalue weighted by Crippen LogP contribution is 2.63. The molecule has 3 unspecified atom stereocenters. The van der Waals surface area contributed by atoms with Crippen LogP contribution < -0.4 is 4.90 Å². The molecule has 0 radical (unpaired) electrons. The number of aliphatic imine (C=N–C) groups is 1. The first kappa shape index (κ1) is 34.9. The lowest BCUT2D eigenvalue weighted by Crippen LogP contribution is -2.36. The highest BCUT2D eigenvalue weighted by Gasteiger charge is 2.57. The van der Waals surface area contributed by atoms with Crippen molar-refractivity contribution < 1.29 is 0 Å². The average Bonchev–Trinajstić information content (AvgIpc) is 3.85. The topological polar surface area (TPSA) is 34.5 Å². The van der Waals surface area contributed by atoms with Crippen molar-refractivity contribution in [2.75, 3.05) is 4.90 Å². The Kier molecular flexibility index (Phi) is 7.66. The molecule has 4 aliphatic rings. The summed E-state index contributed by atoms with van der Waals surface area (Å²) in [6, 6.07) is 79.3. The second-order valence-electron chi connectivity index (χ2n) is 16.5. The Balaban J connectivity index is 0.911. The van der Waals surface area contributed by atoms with Crippen LogP contribution in [0.3, 0.4) is 0 Å². The molecule has 0 amide bonds. The van der Waals surface area contributed by atoms with Crippen molar-refractivity contribution in [1.82, 2.24) is 15.0 Å². The fraction of sp³-hybridized carbons (Fsp3) is 0.0526. The van der Waals surface area contributed by atoms with E-state index < -0.39 is 5.41 Å². The summed E-state index contributed by atoms with van der Waals surface area (Å²) in [5, 5.41) is 4.76. The van der Waals surface area contributed by atoms with Gasteiger partial charge in [-0.05, 0) is 104 Å². The van der Waals surface area contributed by atoms with Crippen molar-refractivity contribution in [2.24, 2.45) is 4.99 Å². The van der Waals surface area contributed by atoms with Gasteiger partial charge in [-0.3, -0.25) is 9.99 Å². The van der Waals surface area contributed by atoms with Crippen molar-refractivity contribution in [2.45, 2.75) is 17.7 Å². The lowest BCUT2D eigenvalue weighted by molar-refractivity contribution is 0.341. The van der Waals surface area contributed by atoms with Gasteiger partial charge in [0, 0.05) is 23.0 Å². The van der Waals surface area contributed by atoms with Crippen molar-refractivity contribution in [1.29, 1.82) is 0 Å². The summed E-state index contributed by atoms with van der Waals surface area (Å²) in [6.07, 6.45) is 1.96. The van der Waals surface area contributed by atoms with Crippen LogP contribution in [0.5, 0.6) is 0 Å². The molecule has 1 aliphatic carbocycles. The molecule has 0 N–H and O–H groups in total. The van der Waals surface area contributed by atoms with Crippen LogP contribution in [-0.2, 0) is 5.41 Å². The molecule has 0 bridgehead atoms. The minimum atomic E-state index is -0.564. The van der Waals surface area contributed by atoms with Gasteiger partial charge in [-0.25, -0.2) is 4.99 Å².